The first-order valence-corrected chi connectivity index (χ1v) is 11.4. The molecule has 1 heterocycles. The van der Waals surface area contributed by atoms with E-state index in [1.54, 1.807) is 0 Å². The van der Waals surface area contributed by atoms with Gasteiger partial charge in [0.05, 0.1) is 5.41 Å². The zero-order valence-corrected chi connectivity index (χ0v) is 19.0. The lowest BCUT2D eigenvalue weighted by molar-refractivity contribution is -0.144. The lowest BCUT2D eigenvalue weighted by atomic mass is 9.68. The molecule has 30 heavy (non-hydrogen) atoms. The second-order valence-electron chi connectivity index (χ2n) is 9.08. The second kappa shape index (κ2) is 10.7. The highest BCUT2D eigenvalue weighted by Crippen LogP contribution is 2.38. The SMILES string of the molecule is CCCC(C(N)=O)C(CC(C)C)C(=O)N1CCC(C(=O)CC)(c2ccccc2)CC1. The molecule has 0 aliphatic carbocycles. The van der Waals surface area contributed by atoms with Crippen LogP contribution in [-0.4, -0.2) is 35.6 Å². The Hall–Kier alpha value is -2.17. The number of amides is 2. The topological polar surface area (TPSA) is 80.5 Å². The number of benzene rings is 1. The highest BCUT2D eigenvalue weighted by Gasteiger charge is 2.44. The maximum Gasteiger partial charge on any atom is 0.226 e. The first kappa shape index (κ1) is 24.1. The third-order valence-electron chi connectivity index (χ3n) is 6.60. The third-order valence-corrected chi connectivity index (χ3v) is 6.60. The molecule has 0 saturated carbocycles. The fourth-order valence-corrected chi connectivity index (χ4v) is 4.97. The monoisotopic (exact) mass is 414 g/mol. The van der Waals surface area contributed by atoms with Crippen molar-refractivity contribution >= 4 is 17.6 Å². The van der Waals surface area contributed by atoms with Gasteiger partial charge in [-0.3, -0.25) is 14.4 Å². The smallest absolute Gasteiger partial charge is 0.226 e. The van der Waals surface area contributed by atoms with E-state index in [1.165, 1.54) is 0 Å². The molecule has 1 aromatic carbocycles. The molecule has 0 spiro atoms. The average Bonchev–Trinajstić information content (AvgIpc) is 2.75. The van der Waals surface area contributed by atoms with Crippen LogP contribution < -0.4 is 5.73 Å². The molecule has 1 aliphatic rings. The van der Waals surface area contributed by atoms with E-state index < -0.39 is 11.3 Å². The minimum absolute atomic E-state index is 0.0200. The number of nitrogens with two attached hydrogens (primary N) is 1. The third kappa shape index (κ3) is 5.30. The summed E-state index contributed by atoms with van der Waals surface area (Å²) >= 11 is 0. The molecule has 1 aliphatic heterocycles. The maximum atomic E-state index is 13.5. The largest absolute Gasteiger partial charge is 0.369 e. The summed E-state index contributed by atoms with van der Waals surface area (Å²) in [6, 6.07) is 9.95. The van der Waals surface area contributed by atoms with Gasteiger partial charge in [-0.2, -0.15) is 0 Å². The van der Waals surface area contributed by atoms with Crippen LogP contribution in [0.5, 0.6) is 0 Å². The van der Waals surface area contributed by atoms with Crippen molar-refractivity contribution in [2.75, 3.05) is 13.1 Å². The lowest BCUT2D eigenvalue weighted by Gasteiger charge is -2.42. The van der Waals surface area contributed by atoms with Gasteiger partial charge < -0.3 is 10.6 Å². The van der Waals surface area contributed by atoms with Crippen molar-refractivity contribution in [1.82, 2.24) is 4.90 Å². The molecule has 166 valence electrons. The number of primary amides is 1. The average molecular weight is 415 g/mol. The molecule has 5 heteroatoms. The zero-order chi connectivity index (χ0) is 22.3. The van der Waals surface area contributed by atoms with Crippen molar-refractivity contribution in [3.05, 3.63) is 35.9 Å². The molecule has 0 radical (unpaired) electrons. The van der Waals surface area contributed by atoms with Gasteiger partial charge in [0.25, 0.3) is 0 Å². The van der Waals surface area contributed by atoms with Gasteiger partial charge in [-0.05, 0) is 37.2 Å². The maximum absolute atomic E-state index is 13.5. The summed E-state index contributed by atoms with van der Waals surface area (Å²) in [5.41, 5.74) is 6.21. The van der Waals surface area contributed by atoms with Crippen LogP contribution in [0.15, 0.2) is 30.3 Å². The molecule has 0 aromatic heterocycles. The van der Waals surface area contributed by atoms with Crippen molar-refractivity contribution < 1.29 is 14.4 Å². The first-order chi connectivity index (χ1) is 14.3. The van der Waals surface area contributed by atoms with Gasteiger partial charge in [0.15, 0.2) is 0 Å². The zero-order valence-electron chi connectivity index (χ0n) is 19.0. The Morgan fingerprint density at radius 3 is 2.10 bits per heavy atom. The molecule has 2 amide bonds. The van der Waals surface area contributed by atoms with Gasteiger partial charge in [-0.25, -0.2) is 0 Å². The summed E-state index contributed by atoms with van der Waals surface area (Å²) in [6.07, 6.45) is 3.84. The van der Waals surface area contributed by atoms with Crippen LogP contribution in [0.4, 0.5) is 0 Å². The Bertz CT molecular complexity index is 721. The summed E-state index contributed by atoms with van der Waals surface area (Å²) < 4.78 is 0. The van der Waals surface area contributed by atoms with E-state index in [9.17, 15) is 14.4 Å². The number of ketones is 1. The summed E-state index contributed by atoms with van der Waals surface area (Å²) in [5, 5.41) is 0. The van der Waals surface area contributed by atoms with E-state index in [-0.39, 0.29) is 23.5 Å². The Labute approximate surface area is 181 Å². The van der Waals surface area contributed by atoms with Crippen LogP contribution in [0.1, 0.15) is 71.8 Å². The minimum atomic E-state index is -0.521. The summed E-state index contributed by atoms with van der Waals surface area (Å²) in [4.78, 5) is 40.4. The van der Waals surface area contributed by atoms with E-state index in [0.717, 1.165) is 12.0 Å². The van der Waals surface area contributed by atoms with Crippen molar-refractivity contribution in [2.45, 2.75) is 71.6 Å². The normalized spacial score (nSPS) is 18.1. The minimum Gasteiger partial charge on any atom is -0.369 e. The number of Topliss-reactive ketones (excluding diaryl/α,β-unsaturated/α-hetero) is 1. The predicted molar refractivity (Wildman–Crippen MR) is 120 cm³/mol. The summed E-state index contributed by atoms with van der Waals surface area (Å²) in [6.45, 7) is 9.13. The van der Waals surface area contributed by atoms with Crippen LogP contribution in [-0.2, 0) is 19.8 Å². The van der Waals surface area contributed by atoms with Gasteiger partial charge in [0, 0.05) is 31.3 Å². The summed E-state index contributed by atoms with van der Waals surface area (Å²) in [7, 11) is 0. The molecule has 5 nitrogen and oxygen atoms in total. The number of carbonyl (C=O) groups is 3. The first-order valence-electron chi connectivity index (χ1n) is 11.4. The molecule has 1 saturated heterocycles. The fourth-order valence-electron chi connectivity index (χ4n) is 4.97. The highest BCUT2D eigenvalue weighted by atomic mass is 16.2. The molecule has 1 fully saturated rings. The van der Waals surface area contributed by atoms with Crippen LogP contribution in [0, 0.1) is 17.8 Å². The van der Waals surface area contributed by atoms with Crippen molar-refractivity contribution in [2.24, 2.45) is 23.5 Å². The van der Waals surface area contributed by atoms with Crippen molar-refractivity contribution in [3.8, 4) is 0 Å². The van der Waals surface area contributed by atoms with Gasteiger partial charge in [0.2, 0.25) is 11.8 Å². The highest BCUT2D eigenvalue weighted by molar-refractivity contribution is 5.91. The fraction of sp³-hybridized carbons (Fsp3) is 0.640. The van der Waals surface area contributed by atoms with Crippen LogP contribution in [0.25, 0.3) is 0 Å². The number of likely N-dealkylation sites (tertiary alicyclic amines) is 1. The van der Waals surface area contributed by atoms with Crippen LogP contribution in [0.3, 0.4) is 0 Å². The Morgan fingerprint density at radius 2 is 1.63 bits per heavy atom. The quantitative estimate of drug-likeness (QED) is 0.626. The van der Waals surface area contributed by atoms with Gasteiger partial charge >= 0.3 is 0 Å². The Kier molecular flexibility index (Phi) is 8.63. The lowest BCUT2D eigenvalue weighted by Crippen LogP contribution is -2.51. The van der Waals surface area contributed by atoms with E-state index in [2.05, 4.69) is 13.8 Å². The van der Waals surface area contributed by atoms with Crippen molar-refractivity contribution in [1.29, 1.82) is 0 Å². The van der Waals surface area contributed by atoms with Gasteiger partial charge in [0.1, 0.15) is 5.78 Å². The van der Waals surface area contributed by atoms with Gasteiger partial charge in [-0.15, -0.1) is 0 Å². The molecule has 2 N–H and O–H groups in total. The van der Waals surface area contributed by atoms with Crippen LogP contribution in [0.2, 0.25) is 0 Å². The Morgan fingerprint density at radius 1 is 1.03 bits per heavy atom. The molecule has 1 aromatic rings. The van der Waals surface area contributed by atoms with Crippen LogP contribution >= 0.6 is 0 Å². The Balaban J connectivity index is 2.23. The number of hydrogen-bond donors (Lipinski definition) is 1. The number of nitrogens with zero attached hydrogens (tertiary/aromatic N) is 1. The molecular weight excluding hydrogens is 376 g/mol. The second-order valence-corrected chi connectivity index (χ2v) is 9.08. The summed E-state index contributed by atoms with van der Waals surface area (Å²) in [5.74, 6) is -0.635. The molecule has 0 bridgehead atoms. The van der Waals surface area contributed by atoms with E-state index in [4.69, 9.17) is 5.73 Å². The number of piperidine rings is 1. The predicted octanol–water partition coefficient (Wildman–Crippen LogP) is 4.09. The number of carbonyl (C=O) groups excluding carboxylic acids is 3. The van der Waals surface area contributed by atoms with E-state index >= 15 is 0 Å². The van der Waals surface area contributed by atoms with E-state index in [1.807, 2.05) is 49.1 Å². The van der Waals surface area contributed by atoms with Crippen molar-refractivity contribution in [3.63, 3.8) is 0 Å². The van der Waals surface area contributed by atoms with E-state index in [0.29, 0.717) is 51.1 Å². The standard InChI is InChI=1S/C25H38N2O3/c1-5-10-20(23(26)29)21(17-18(3)4)24(30)27-15-13-25(14-16-27,22(28)6-2)19-11-8-7-9-12-19/h7-9,11-12,18,20-21H,5-6,10,13-17H2,1-4H3,(H2,26,29). The molecule has 2 unspecified atom stereocenters. The molecular formula is C25H38N2O3. The number of hydrogen-bond acceptors (Lipinski definition) is 3. The van der Waals surface area contributed by atoms with Gasteiger partial charge in [-0.1, -0.05) is 64.4 Å². The molecule has 2 atom stereocenters. The molecule has 2 rings (SSSR count). The number of rotatable bonds is 10.